The summed E-state index contributed by atoms with van der Waals surface area (Å²) >= 11 is 0. The van der Waals surface area contributed by atoms with Gasteiger partial charge in [0.25, 0.3) is 0 Å². The summed E-state index contributed by atoms with van der Waals surface area (Å²) in [5, 5.41) is 10.1. The molecule has 0 aliphatic rings. The Morgan fingerprint density at radius 2 is 2.05 bits per heavy atom. The van der Waals surface area contributed by atoms with Gasteiger partial charge < -0.3 is 19.9 Å². The van der Waals surface area contributed by atoms with Crippen LogP contribution in [0.3, 0.4) is 0 Å². The van der Waals surface area contributed by atoms with E-state index < -0.39 is 0 Å². The van der Waals surface area contributed by atoms with Gasteiger partial charge in [-0.15, -0.1) is 0 Å². The van der Waals surface area contributed by atoms with Gasteiger partial charge in [0.2, 0.25) is 5.89 Å². The smallest absolute Gasteiger partial charge is 0.246 e. The summed E-state index contributed by atoms with van der Waals surface area (Å²) < 4.78 is 10.2. The van der Waals surface area contributed by atoms with Gasteiger partial charge in [0, 0.05) is 13.6 Å². The van der Waals surface area contributed by atoms with Crippen molar-refractivity contribution < 1.29 is 9.26 Å². The van der Waals surface area contributed by atoms with Crippen LogP contribution in [0, 0.1) is 6.92 Å². The number of ether oxygens (including phenoxy) is 1. The number of rotatable bonds is 6. The third kappa shape index (κ3) is 4.76. The van der Waals surface area contributed by atoms with Crippen molar-refractivity contribution in [1.29, 1.82) is 0 Å². The molecular weight excluding hydrogens is 282 g/mol. The molecule has 22 heavy (non-hydrogen) atoms. The molecule has 2 rings (SSSR count). The van der Waals surface area contributed by atoms with Crippen LogP contribution in [0.4, 0.5) is 0 Å². The molecule has 0 spiro atoms. The van der Waals surface area contributed by atoms with Crippen molar-refractivity contribution in [3.05, 3.63) is 41.5 Å². The zero-order chi connectivity index (χ0) is 15.8. The molecule has 0 bridgehead atoms. The van der Waals surface area contributed by atoms with E-state index in [4.69, 9.17) is 9.26 Å². The molecule has 0 fully saturated rings. The van der Waals surface area contributed by atoms with Gasteiger partial charge in [-0.25, -0.2) is 0 Å². The minimum atomic E-state index is 0.447. The average molecular weight is 303 g/mol. The first-order valence-electron chi connectivity index (χ1n) is 7.08. The van der Waals surface area contributed by atoms with E-state index in [0.29, 0.717) is 24.2 Å². The fourth-order valence-corrected chi connectivity index (χ4v) is 1.91. The average Bonchev–Trinajstić information content (AvgIpc) is 2.96. The van der Waals surface area contributed by atoms with E-state index in [1.165, 1.54) is 5.56 Å². The van der Waals surface area contributed by atoms with Gasteiger partial charge in [0.15, 0.2) is 11.8 Å². The van der Waals surface area contributed by atoms with Crippen molar-refractivity contribution in [2.75, 3.05) is 20.7 Å². The standard InChI is InChI=1S/C15H21N5O2/c1-11-19-14(22-20-11)10-18-15(16-2)17-9-8-12-4-6-13(21-3)7-5-12/h4-7H,8-10H2,1-3H3,(H2,16,17,18). The van der Waals surface area contributed by atoms with E-state index in [2.05, 4.69) is 37.9 Å². The minimum absolute atomic E-state index is 0.447. The topological polar surface area (TPSA) is 84.6 Å². The predicted molar refractivity (Wildman–Crippen MR) is 83.9 cm³/mol. The Morgan fingerprint density at radius 3 is 2.64 bits per heavy atom. The van der Waals surface area contributed by atoms with Gasteiger partial charge in [-0.3, -0.25) is 4.99 Å². The molecule has 1 aromatic heterocycles. The van der Waals surface area contributed by atoms with Crippen LogP contribution < -0.4 is 15.4 Å². The van der Waals surface area contributed by atoms with Crippen molar-refractivity contribution in [3.8, 4) is 5.75 Å². The lowest BCUT2D eigenvalue weighted by Crippen LogP contribution is -2.37. The molecule has 0 aliphatic heterocycles. The number of aromatic nitrogens is 2. The lowest BCUT2D eigenvalue weighted by molar-refractivity contribution is 0.371. The Bertz CT molecular complexity index is 607. The van der Waals surface area contributed by atoms with Gasteiger partial charge >= 0.3 is 0 Å². The highest BCUT2D eigenvalue weighted by molar-refractivity contribution is 5.79. The van der Waals surface area contributed by atoms with E-state index >= 15 is 0 Å². The Labute approximate surface area is 129 Å². The Hall–Kier alpha value is -2.57. The SMILES string of the molecule is CN=C(NCCc1ccc(OC)cc1)NCc1nc(C)no1. The molecule has 2 aromatic rings. The van der Waals surface area contributed by atoms with Crippen LogP contribution in [0.15, 0.2) is 33.8 Å². The molecule has 0 unspecified atom stereocenters. The maximum Gasteiger partial charge on any atom is 0.246 e. The third-order valence-electron chi connectivity index (χ3n) is 3.07. The minimum Gasteiger partial charge on any atom is -0.497 e. The highest BCUT2D eigenvalue weighted by atomic mass is 16.5. The second-order valence-corrected chi connectivity index (χ2v) is 4.69. The van der Waals surface area contributed by atoms with E-state index in [1.54, 1.807) is 21.1 Å². The maximum absolute atomic E-state index is 5.14. The van der Waals surface area contributed by atoms with E-state index in [-0.39, 0.29) is 0 Å². The van der Waals surface area contributed by atoms with Gasteiger partial charge in [0.05, 0.1) is 13.7 Å². The van der Waals surface area contributed by atoms with E-state index in [1.807, 2.05) is 12.1 Å². The molecule has 2 N–H and O–H groups in total. The maximum atomic E-state index is 5.14. The summed E-state index contributed by atoms with van der Waals surface area (Å²) in [6, 6.07) is 8.02. The summed E-state index contributed by atoms with van der Waals surface area (Å²) in [6.07, 6.45) is 0.893. The third-order valence-corrected chi connectivity index (χ3v) is 3.07. The fraction of sp³-hybridized carbons (Fsp3) is 0.400. The van der Waals surface area contributed by atoms with Gasteiger partial charge in [0.1, 0.15) is 5.75 Å². The molecular formula is C15H21N5O2. The molecule has 118 valence electrons. The van der Waals surface area contributed by atoms with Crippen molar-refractivity contribution in [2.24, 2.45) is 4.99 Å². The van der Waals surface area contributed by atoms with Crippen LogP contribution in [-0.4, -0.2) is 36.8 Å². The van der Waals surface area contributed by atoms with Crippen LogP contribution in [0.5, 0.6) is 5.75 Å². The number of benzene rings is 1. The van der Waals surface area contributed by atoms with Crippen molar-refractivity contribution in [1.82, 2.24) is 20.8 Å². The number of guanidine groups is 1. The van der Waals surface area contributed by atoms with Crippen molar-refractivity contribution in [3.63, 3.8) is 0 Å². The van der Waals surface area contributed by atoms with Gasteiger partial charge in [-0.2, -0.15) is 4.98 Å². The molecule has 1 heterocycles. The van der Waals surface area contributed by atoms with Gasteiger partial charge in [-0.1, -0.05) is 17.3 Å². The quantitative estimate of drug-likeness (QED) is 0.618. The fourth-order valence-electron chi connectivity index (χ4n) is 1.91. The molecule has 1 aromatic carbocycles. The molecule has 0 amide bonds. The first-order chi connectivity index (χ1) is 10.7. The summed E-state index contributed by atoms with van der Waals surface area (Å²) in [5.74, 6) is 2.73. The predicted octanol–water partition coefficient (Wildman–Crippen LogP) is 1.29. The highest BCUT2D eigenvalue weighted by Crippen LogP contribution is 2.11. The van der Waals surface area contributed by atoms with Crippen molar-refractivity contribution in [2.45, 2.75) is 19.9 Å². The Kier molecular flexibility index (Phi) is 5.76. The number of hydrogen-bond acceptors (Lipinski definition) is 5. The molecule has 7 heteroatoms. The lowest BCUT2D eigenvalue weighted by atomic mass is 10.1. The number of hydrogen-bond donors (Lipinski definition) is 2. The summed E-state index contributed by atoms with van der Waals surface area (Å²) in [4.78, 5) is 8.28. The molecule has 0 aliphatic carbocycles. The number of aryl methyl sites for hydroxylation is 1. The number of methoxy groups -OCH3 is 1. The van der Waals surface area contributed by atoms with Crippen LogP contribution in [-0.2, 0) is 13.0 Å². The largest absolute Gasteiger partial charge is 0.497 e. The monoisotopic (exact) mass is 303 g/mol. The van der Waals surface area contributed by atoms with E-state index in [0.717, 1.165) is 18.7 Å². The number of aliphatic imine (C=N–C) groups is 1. The van der Waals surface area contributed by atoms with Crippen LogP contribution in [0.2, 0.25) is 0 Å². The Morgan fingerprint density at radius 1 is 1.27 bits per heavy atom. The number of nitrogens with one attached hydrogen (secondary N) is 2. The van der Waals surface area contributed by atoms with Crippen LogP contribution in [0.1, 0.15) is 17.3 Å². The van der Waals surface area contributed by atoms with Gasteiger partial charge in [-0.05, 0) is 31.0 Å². The first-order valence-corrected chi connectivity index (χ1v) is 7.08. The first kappa shape index (κ1) is 15.8. The summed E-state index contributed by atoms with van der Waals surface area (Å²) in [6.45, 7) is 3.01. The number of nitrogens with zero attached hydrogens (tertiary/aromatic N) is 3. The van der Waals surface area contributed by atoms with Crippen LogP contribution in [0.25, 0.3) is 0 Å². The molecule has 0 saturated carbocycles. The van der Waals surface area contributed by atoms with E-state index in [9.17, 15) is 0 Å². The highest BCUT2D eigenvalue weighted by Gasteiger charge is 2.04. The summed E-state index contributed by atoms with van der Waals surface area (Å²) in [5.41, 5.74) is 1.23. The molecule has 0 saturated heterocycles. The lowest BCUT2D eigenvalue weighted by Gasteiger charge is -2.10. The molecule has 0 atom stereocenters. The normalized spacial score (nSPS) is 11.3. The van der Waals surface area contributed by atoms with Crippen molar-refractivity contribution >= 4 is 5.96 Å². The Balaban J connectivity index is 1.73. The summed E-state index contributed by atoms with van der Waals surface area (Å²) in [7, 11) is 3.39. The molecule has 0 radical (unpaired) electrons. The zero-order valence-electron chi connectivity index (χ0n) is 13.1. The van der Waals surface area contributed by atoms with Crippen LogP contribution >= 0.6 is 0 Å². The molecule has 7 nitrogen and oxygen atoms in total. The second kappa shape index (κ2) is 8.02. The zero-order valence-corrected chi connectivity index (χ0v) is 13.1. The second-order valence-electron chi connectivity index (χ2n) is 4.69.